The van der Waals surface area contributed by atoms with Crippen LogP contribution in [0.4, 0.5) is 0 Å². The molecule has 0 aliphatic carbocycles. The molecule has 0 saturated heterocycles. The third-order valence-electron chi connectivity index (χ3n) is 2.54. The second kappa shape index (κ2) is 6.19. The van der Waals surface area contributed by atoms with Gasteiger partial charge in [0.05, 0.1) is 0 Å². The van der Waals surface area contributed by atoms with Gasteiger partial charge in [0.1, 0.15) is 5.92 Å². The number of carbonyl (C=O) groups is 1. The van der Waals surface area contributed by atoms with Gasteiger partial charge < -0.3 is 5.11 Å². The predicted octanol–water partition coefficient (Wildman–Crippen LogP) is 1.44. The lowest BCUT2D eigenvalue weighted by atomic mass is 10.1. The van der Waals surface area contributed by atoms with Crippen molar-refractivity contribution in [1.82, 2.24) is 20.2 Å². The Labute approximate surface area is 94.7 Å². The van der Waals surface area contributed by atoms with Crippen molar-refractivity contribution in [3.63, 3.8) is 0 Å². The number of aromatic nitrogens is 4. The lowest BCUT2D eigenvalue weighted by Gasteiger charge is -2.06. The van der Waals surface area contributed by atoms with Crippen molar-refractivity contribution in [3.8, 4) is 0 Å². The molecule has 0 aliphatic heterocycles. The number of aryl methyl sites for hydroxylation is 1. The third-order valence-corrected chi connectivity index (χ3v) is 2.54. The number of unbranched alkanes of at least 4 members (excludes halogenated alkanes) is 3. The molecule has 1 rings (SSSR count). The lowest BCUT2D eigenvalue weighted by molar-refractivity contribution is -0.138. The Kier molecular flexibility index (Phi) is 4.88. The quantitative estimate of drug-likeness (QED) is 0.711. The molecule has 0 bridgehead atoms. The molecule has 0 radical (unpaired) electrons. The summed E-state index contributed by atoms with van der Waals surface area (Å²) >= 11 is 0. The van der Waals surface area contributed by atoms with Crippen LogP contribution in [0.5, 0.6) is 0 Å². The van der Waals surface area contributed by atoms with E-state index < -0.39 is 11.9 Å². The van der Waals surface area contributed by atoms with Crippen molar-refractivity contribution in [1.29, 1.82) is 0 Å². The molecular weight excluding hydrogens is 208 g/mol. The van der Waals surface area contributed by atoms with Gasteiger partial charge in [0.25, 0.3) is 0 Å². The van der Waals surface area contributed by atoms with Crippen LogP contribution in [0.15, 0.2) is 0 Å². The van der Waals surface area contributed by atoms with Crippen LogP contribution >= 0.6 is 0 Å². The Hall–Kier alpha value is -1.46. The predicted molar refractivity (Wildman–Crippen MR) is 58.0 cm³/mol. The number of carboxylic acids is 1. The molecule has 6 nitrogen and oxygen atoms in total. The topological polar surface area (TPSA) is 80.9 Å². The number of carboxylic acid groups (broad SMARTS) is 1. The number of rotatable bonds is 7. The summed E-state index contributed by atoms with van der Waals surface area (Å²) in [6.07, 6.45) is 4.47. The normalized spacial score (nSPS) is 12.6. The lowest BCUT2D eigenvalue weighted by Crippen LogP contribution is -2.15. The van der Waals surface area contributed by atoms with Gasteiger partial charge in [-0.1, -0.05) is 26.2 Å². The summed E-state index contributed by atoms with van der Waals surface area (Å²) < 4.78 is 1.59. The molecule has 0 aromatic carbocycles. The van der Waals surface area contributed by atoms with E-state index in [9.17, 15) is 4.79 Å². The fourth-order valence-electron chi connectivity index (χ4n) is 1.48. The second-order valence-corrected chi connectivity index (χ2v) is 3.88. The first-order valence-corrected chi connectivity index (χ1v) is 5.65. The molecule has 1 atom stereocenters. The minimum absolute atomic E-state index is 0.434. The van der Waals surface area contributed by atoms with E-state index in [-0.39, 0.29) is 0 Å². The van der Waals surface area contributed by atoms with Gasteiger partial charge in [0, 0.05) is 6.54 Å². The average Bonchev–Trinajstić information content (AvgIpc) is 2.71. The van der Waals surface area contributed by atoms with Crippen LogP contribution in [-0.2, 0) is 11.3 Å². The largest absolute Gasteiger partial charge is 0.481 e. The van der Waals surface area contributed by atoms with E-state index in [0.717, 1.165) is 12.8 Å². The molecule has 0 aliphatic rings. The minimum Gasteiger partial charge on any atom is -0.481 e. The third kappa shape index (κ3) is 3.29. The maximum absolute atomic E-state index is 10.8. The molecule has 1 unspecified atom stereocenters. The average molecular weight is 226 g/mol. The van der Waals surface area contributed by atoms with Crippen LogP contribution in [0.2, 0.25) is 0 Å². The van der Waals surface area contributed by atoms with Gasteiger partial charge in [-0.15, -0.1) is 5.10 Å². The van der Waals surface area contributed by atoms with Crippen LogP contribution < -0.4 is 0 Å². The van der Waals surface area contributed by atoms with Crippen molar-refractivity contribution < 1.29 is 9.90 Å². The molecule has 16 heavy (non-hydrogen) atoms. The SMILES string of the molecule is CCCCCCn1nnnc1C(C)C(=O)O. The molecule has 0 spiro atoms. The van der Waals surface area contributed by atoms with Crippen molar-refractivity contribution >= 4 is 5.97 Å². The summed E-state index contributed by atoms with van der Waals surface area (Å²) in [6, 6.07) is 0. The van der Waals surface area contributed by atoms with Gasteiger partial charge in [-0.05, 0) is 23.8 Å². The van der Waals surface area contributed by atoms with Crippen molar-refractivity contribution in [2.45, 2.75) is 52.0 Å². The molecule has 6 heteroatoms. The number of hydrogen-bond acceptors (Lipinski definition) is 4. The fraction of sp³-hybridized carbons (Fsp3) is 0.800. The van der Waals surface area contributed by atoms with E-state index in [0.29, 0.717) is 12.4 Å². The van der Waals surface area contributed by atoms with Crippen molar-refractivity contribution in [3.05, 3.63) is 5.82 Å². The van der Waals surface area contributed by atoms with Gasteiger partial charge in [-0.3, -0.25) is 4.79 Å². The maximum Gasteiger partial charge on any atom is 0.314 e. The van der Waals surface area contributed by atoms with Gasteiger partial charge in [-0.2, -0.15) is 0 Å². The zero-order chi connectivity index (χ0) is 12.0. The summed E-state index contributed by atoms with van der Waals surface area (Å²) in [7, 11) is 0. The number of hydrogen-bond donors (Lipinski definition) is 1. The van der Waals surface area contributed by atoms with Gasteiger partial charge in [0.2, 0.25) is 0 Å². The van der Waals surface area contributed by atoms with E-state index in [4.69, 9.17) is 5.11 Å². The first-order valence-electron chi connectivity index (χ1n) is 5.65. The zero-order valence-electron chi connectivity index (χ0n) is 9.76. The molecule has 1 aromatic rings. The summed E-state index contributed by atoms with van der Waals surface area (Å²) in [6.45, 7) is 4.44. The Morgan fingerprint density at radius 1 is 1.44 bits per heavy atom. The second-order valence-electron chi connectivity index (χ2n) is 3.88. The van der Waals surface area contributed by atoms with Crippen LogP contribution in [0, 0.1) is 0 Å². The van der Waals surface area contributed by atoms with E-state index in [2.05, 4.69) is 22.4 Å². The number of nitrogens with zero attached hydrogens (tertiary/aromatic N) is 4. The molecule has 1 aromatic heterocycles. The first kappa shape index (κ1) is 12.6. The molecular formula is C10H18N4O2. The van der Waals surface area contributed by atoms with E-state index in [1.807, 2.05) is 0 Å². The Morgan fingerprint density at radius 2 is 2.19 bits per heavy atom. The standard InChI is InChI=1S/C10H18N4O2/c1-3-4-5-6-7-14-9(11-12-13-14)8(2)10(15)16/h8H,3-7H2,1-2H3,(H,15,16). The van der Waals surface area contributed by atoms with Crippen LogP contribution in [-0.4, -0.2) is 31.3 Å². The number of tetrazole rings is 1. The molecule has 0 saturated carbocycles. The summed E-state index contributed by atoms with van der Waals surface area (Å²) in [4.78, 5) is 10.8. The van der Waals surface area contributed by atoms with Crippen molar-refractivity contribution in [2.24, 2.45) is 0 Å². The van der Waals surface area contributed by atoms with E-state index >= 15 is 0 Å². The van der Waals surface area contributed by atoms with Gasteiger partial charge in [-0.25, -0.2) is 4.68 Å². The molecule has 90 valence electrons. The highest BCUT2D eigenvalue weighted by Gasteiger charge is 2.20. The fourth-order valence-corrected chi connectivity index (χ4v) is 1.48. The number of aliphatic carboxylic acids is 1. The molecule has 1 N–H and O–H groups in total. The summed E-state index contributed by atoms with van der Waals surface area (Å²) in [5, 5.41) is 20.0. The Morgan fingerprint density at radius 3 is 2.81 bits per heavy atom. The minimum atomic E-state index is -0.899. The first-order chi connectivity index (χ1) is 7.66. The van der Waals surface area contributed by atoms with Crippen LogP contribution in [0.1, 0.15) is 51.3 Å². The Bertz CT molecular complexity index is 337. The van der Waals surface area contributed by atoms with Gasteiger partial charge in [0.15, 0.2) is 5.82 Å². The zero-order valence-corrected chi connectivity index (χ0v) is 9.76. The highest BCUT2D eigenvalue weighted by molar-refractivity contribution is 5.74. The summed E-state index contributed by atoms with van der Waals surface area (Å²) in [5.74, 6) is -1.12. The molecule has 1 heterocycles. The highest BCUT2D eigenvalue weighted by atomic mass is 16.4. The van der Waals surface area contributed by atoms with Gasteiger partial charge >= 0.3 is 5.97 Å². The molecule has 0 amide bonds. The monoisotopic (exact) mass is 226 g/mol. The molecule has 0 fully saturated rings. The van der Waals surface area contributed by atoms with E-state index in [1.165, 1.54) is 12.8 Å². The van der Waals surface area contributed by atoms with Crippen LogP contribution in [0.3, 0.4) is 0 Å². The smallest absolute Gasteiger partial charge is 0.314 e. The van der Waals surface area contributed by atoms with Crippen LogP contribution in [0.25, 0.3) is 0 Å². The van der Waals surface area contributed by atoms with Crippen molar-refractivity contribution in [2.75, 3.05) is 0 Å². The highest BCUT2D eigenvalue weighted by Crippen LogP contribution is 2.12. The Balaban J connectivity index is 2.53. The summed E-state index contributed by atoms with van der Waals surface area (Å²) in [5.41, 5.74) is 0. The van der Waals surface area contributed by atoms with E-state index in [1.54, 1.807) is 11.6 Å². The maximum atomic E-state index is 10.8.